The Hall–Kier alpha value is -5.81. The number of carbonyl (C=O) groups excluding carboxylic acids is 3. The number of anilines is 2. The van der Waals surface area contributed by atoms with Gasteiger partial charge in [-0.2, -0.15) is 0 Å². The summed E-state index contributed by atoms with van der Waals surface area (Å²) >= 11 is 0. The molecule has 1 aliphatic rings. The second-order valence-electron chi connectivity index (χ2n) is 12.4. The van der Waals surface area contributed by atoms with Gasteiger partial charge in [-0.25, -0.2) is 4.79 Å². The molecule has 2 aromatic carbocycles. The number of aliphatic hydroxyl groups excluding tert-OH is 3. The molecule has 0 aliphatic carbocycles. The van der Waals surface area contributed by atoms with Gasteiger partial charge >= 0.3 is 23.0 Å². The summed E-state index contributed by atoms with van der Waals surface area (Å²) in [6.07, 6.45) is -2.95. The van der Waals surface area contributed by atoms with Crippen molar-refractivity contribution in [2.75, 3.05) is 30.3 Å². The molecule has 5 heterocycles. The zero-order valence-electron chi connectivity index (χ0n) is 30.2. The number of hydrogen-bond acceptors (Lipinski definition) is 14. The monoisotopic (exact) mass is 798 g/mol. The molecule has 0 fully saturated rings. The van der Waals surface area contributed by atoms with E-state index in [1.807, 2.05) is 88.4 Å². The molecule has 9 N–H and O–H groups in total. The van der Waals surface area contributed by atoms with Crippen LogP contribution >= 0.6 is 0 Å². The zero-order chi connectivity index (χ0) is 39.3. The van der Waals surface area contributed by atoms with Gasteiger partial charge in [-0.05, 0) is 76.2 Å². The number of nitrogens with one attached hydrogen (secondary N) is 2. The maximum absolute atomic E-state index is 11.6. The normalized spacial score (nSPS) is 14.0. The second-order valence-corrected chi connectivity index (χ2v) is 12.4. The minimum Gasteiger partial charge on any atom is -0.853 e. The van der Waals surface area contributed by atoms with Crippen LogP contribution in [-0.4, -0.2) is 84.9 Å². The number of cyclic esters (lactones) is 1. The predicted octanol–water partition coefficient (Wildman–Crippen LogP) is 2.55. The molecule has 2 atom stereocenters. The van der Waals surface area contributed by atoms with Gasteiger partial charge in [0.1, 0.15) is 0 Å². The SMILES string of the molecule is Cc1ccc2cc(NC(=O)CN)c3ccc(C)nc3c2n1.Cc1ccc2cc(NC(=O)CN)c3ccc(C)nc3c2n1.O=C1OC(C(O)C[O-])C(O)=C1O.[Cu+]. The number of esters is 1. The first-order chi connectivity index (χ1) is 25.7. The number of nitrogens with zero attached hydrogens (tertiary/aromatic N) is 4. The maximum Gasteiger partial charge on any atom is 1.00 e. The molecule has 0 saturated heterocycles. The number of aliphatic hydroxyl groups is 3. The largest absolute Gasteiger partial charge is 1.00 e. The fourth-order valence-electron chi connectivity index (χ4n) is 5.55. The van der Waals surface area contributed by atoms with E-state index in [1.165, 1.54) is 0 Å². The number of aromatic nitrogens is 4. The van der Waals surface area contributed by atoms with Crippen LogP contribution in [0.5, 0.6) is 0 Å². The molecule has 0 bridgehead atoms. The van der Waals surface area contributed by atoms with Crippen LogP contribution in [0.3, 0.4) is 0 Å². The molecule has 1 aliphatic heterocycles. The van der Waals surface area contributed by atoms with E-state index in [4.69, 9.17) is 26.8 Å². The molecule has 17 heteroatoms. The Morgan fingerprint density at radius 3 is 1.45 bits per heavy atom. The van der Waals surface area contributed by atoms with Crippen molar-refractivity contribution < 1.29 is 56.6 Å². The van der Waals surface area contributed by atoms with Crippen molar-refractivity contribution in [2.24, 2.45) is 11.5 Å². The van der Waals surface area contributed by atoms with Crippen LogP contribution in [0.4, 0.5) is 11.4 Å². The number of benzene rings is 2. The first-order valence-electron chi connectivity index (χ1n) is 16.7. The first-order valence-corrected chi connectivity index (χ1v) is 16.7. The van der Waals surface area contributed by atoms with E-state index in [2.05, 4.69) is 35.3 Å². The molecule has 2 amide bonds. The van der Waals surface area contributed by atoms with Crippen molar-refractivity contribution in [2.45, 2.75) is 39.9 Å². The van der Waals surface area contributed by atoms with Crippen molar-refractivity contribution in [3.63, 3.8) is 0 Å². The van der Waals surface area contributed by atoms with Gasteiger partial charge in [0.2, 0.25) is 17.6 Å². The molecule has 0 radical (unpaired) electrons. The molecule has 16 nitrogen and oxygen atoms in total. The van der Waals surface area contributed by atoms with Crippen LogP contribution in [0.1, 0.15) is 22.8 Å². The Morgan fingerprint density at radius 1 is 0.727 bits per heavy atom. The van der Waals surface area contributed by atoms with Gasteiger partial charge in [-0.1, -0.05) is 12.1 Å². The first kappa shape index (κ1) is 41.9. The number of pyridine rings is 4. The summed E-state index contributed by atoms with van der Waals surface area (Å²) in [6.45, 7) is 6.75. The Labute approximate surface area is 325 Å². The maximum atomic E-state index is 11.6. The Morgan fingerprint density at radius 2 is 1.11 bits per heavy atom. The summed E-state index contributed by atoms with van der Waals surface area (Å²) in [6, 6.07) is 19.4. The van der Waals surface area contributed by atoms with Gasteiger partial charge in [-0.3, -0.25) is 29.5 Å². The number of aryl methyl sites for hydroxylation is 4. The van der Waals surface area contributed by atoms with Gasteiger partial charge in [0.05, 0.1) is 52.6 Å². The fraction of sp³-hybridized carbons (Fsp3) is 0.237. The number of fused-ring (bicyclic) bond motifs is 6. The fourth-order valence-corrected chi connectivity index (χ4v) is 5.55. The second kappa shape index (κ2) is 18.0. The molecule has 2 unspecified atom stereocenters. The summed E-state index contributed by atoms with van der Waals surface area (Å²) in [5.41, 5.74) is 19.2. The smallest absolute Gasteiger partial charge is 0.853 e. The Bertz CT molecular complexity index is 2320. The summed E-state index contributed by atoms with van der Waals surface area (Å²) in [4.78, 5) is 52.1. The van der Waals surface area contributed by atoms with Crippen molar-refractivity contribution >= 4 is 72.8 Å². The van der Waals surface area contributed by atoms with E-state index >= 15 is 0 Å². The van der Waals surface area contributed by atoms with E-state index in [0.717, 1.165) is 66.4 Å². The van der Waals surface area contributed by atoms with E-state index in [9.17, 15) is 19.5 Å². The van der Waals surface area contributed by atoms with Crippen molar-refractivity contribution in [1.29, 1.82) is 0 Å². The van der Waals surface area contributed by atoms with Crippen molar-refractivity contribution in [3.8, 4) is 0 Å². The van der Waals surface area contributed by atoms with Gasteiger partial charge in [0.15, 0.2) is 11.9 Å². The van der Waals surface area contributed by atoms with Crippen LogP contribution < -0.4 is 27.2 Å². The number of amides is 2. The van der Waals surface area contributed by atoms with Crippen LogP contribution in [0.2, 0.25) is 0 Å². The predicted molar refractivity (Wildman–Crippen MR) is 201 cm³/mol. The molecule has 0 spiro atoms. The van der Waals surface area contributed by atoms with Gasteiger partial charge < -0.3 is 47.3 Å². The molecular weight excluding hydrogens is 760 g/mol. The number of hydrogen-bond donors (Lipinski definition) is 7. The number of ether oxygens (including phenoxy) is 1. The summed E-state index contributed by atoms with van der Waals surface area (Å²) < 4.78 is 4.28. The summed E-state index contributed by atoms with van der Waals surface area (Å²) in [7, 11) is 0. The van der Waals surface area contributed by atoms with Gasteiger partial charge in [-0.15, -0.1) is 6.61 Å². The van der Waals surface area contributed by atoms with Crippen molar-refractivity contribution in [1.82, 2.24) is 19.9 Å². The van der Waals surface area contributed by atoms with Crippen LogP contribution in [-0.2, 0) is 36.2 Å². The minimum absolute atomic E-state index is 0. The number of rotatable bonds is 6. The summed E-state index contributed by atoms with van der Waals surface area (Å²) in [5.74, 6) is -3.33. The van der Waals surface area contributed by atoms with Crippen LogP contribution in [0.15, 0.2) is 72.2 Å². The van der Waals surface area contributed by atoms with E-state index in [0.29, 0.717) is 11.4 Å². The van der Waals surface area contributed by atoms with Crippen LogP contribution in [0.25, 0.3) is 43.6 Å². The average molecular weight is 799 g/mol. The zero-order valence-corrected chi connectivity index (χ0v) is 31.1. The number of carbonyl (C=O) groups is 3. The summed E-state index contributed by atoms with van der Waals surface area (Å²) in [5, 5.41) is 45.9. The molecule has 4 aromatic heterocycles. The molecule has 290 valence electrons. The molecule has 55 heavy (non-hydrogen) atoms. The molecular formula is C38H39CuN8O8. The van der Waals surface area contributed by atoms with Gasteiger partial charge in [0, 0.05) is 44.3 Å². The van der Waals surface area contributed by atoms with Crippen LogP contribution in [0, 0.1) is 27.7 Å². The quantitative estimate of drug-likeness (QED) is 0.0725. The minimum atomic E-state index is -1.53. The topological polar surface area (TPSA) is 272 Å². The molecule has 6 aromatic rings. The van der Waals surface area contributed by atoms with Gasteiger partial charge in [0.25, 0.3) is 0 Å². The Balaban J connectivity index is 0.000000189. The van der Waals surface area contributed by atoms with E-state index in [1.54, 1.807) is 0 Å². The van der Waals surface area contributed by atoms with E-state index in [-0.39, 0.29) is 42.0 Å². The standard InChI is InChI=1S/2C16H16N4O.C6H7O6.Cu/c2*1-9-3-5-11-7-13(20-14(21)8-17)12-6-4-10(2)19-16(12)15(11)18-9;7-1-2(8)5-3(9)4(10)6(11)12-5;/h2*3-7H,8,17H2,1-2H3,(H,20,21);2,5,8-10H,1H2;/q;;-1;+1. The average Bonchev–Trinajstić information content (AvgIpc) is 3.42. The van der Waals surface area contributed by atoms with E-state index < -0.39 is 36.3 Å². The third-order valence-corrected chi connectivity index (χ3v) is 8.21. The number of nitrogens with two attached hydrogens (primary N) is 2. The third kappa shape index (κ3) is 9.47. The molecule has 7 rings (SSSR count). The third-order valence-electron chi connectivity index (χ3n) is 8.21. The molecule has 0 saturated carbocycles. The Kier molecular flexibility index (Phi) is 13.7. The van der Waals surface area contributed by atoms with Crippen molar-refractivity contribution in [3.05, 3.63) is 95.0 Å².